The number of aliphatic hydroxyl groups is 1. The number of methoxy groups -OCH3 is 2. The maximum atomic E-state index is 10.4. The molecule has 0 aliphatic carbocycles. The summed E-state index contributed by atoms with van der Waals surface area (Å²) in [6.07, 6.45) is -0.501. The van der Waals surface area contributed by atoms with E-state index in [-0.39, 0.29) is 37.0 Å². The Morgan fingerprint density at radius 1 is 1.10 bits per heavy atom. The molecule has 3 aliphatic heterocycles. The van der Waals surface area contributed by atoms with Crippen LogP contribution in [0, 0.1) is 11.8 Å². The van der Waals surface area contributed by atoms with Gasteiger partial charge in [0.25, 0.3) is 0 Å². The molecule has 2 N–H and O–H groups in total. The molecule has 1 unspecified atom stereocenters. The van der Waals surface area contributed by atoms with E-state index in [0.717, 1.165) is 57.6 Å². The normalized spacial score (nSPS) is 25.7. The largest absolute Gasteiger partial charge is 0.493 e. The van der Waals surface area contributed by atoms with Gasteiger partial charge in [0, 0.05) is 46.4 Å². The van der Waals surface area contributed by atoms with Gasteiger partial charge in [-0.25, -0.2) is 0 Å². The summed E-state index contributed by atoms with van der Waals surface area (Å²) in [5, 5.41) is 13.9. The first kappa shape index (κ1) is 26.5. The predicted molar refractivity (Wildman–Crippen MR) is 126 cm³/mol. The van der Waals surface area contributed by atoms with Crippen molar-refractivity contribution < 1.29 is 19.3 Å². The summed E-state index contributed by atoms with van der Waals surface area (Å²) in [4.78, 5) is 4.72. The van der Waals surface area contributed by atoms with Crippen LogP contribution in [-0.4, -0.2) is 93.3 Å². The summed E-state index contributed by atoms with van der Waals surface area (Å²) in [5.41, 5.74) is 1.17. The fourth-order valence-corrected chi connectivity index (χ4v) is 4.97. The van der Waals surface area contributed by atoms with Gasteiger partial charge in [0.15, 0.2) is 11.5 Å². The Balaban J connectivity index is 0.00000171. The third-order valence-corrected chi connectivity index (χ3v) is 6.61. The van der Waals surface area contributed by atoms with Crippen LogP contribution < -0.4 is 14.8 Å². The summed E-state index contributed by atoms with van der Waals surface area (Å²) in [6.45, 7) is 10.2. The van der Waals surface area contributed by atoms with E-state index in [1.807, 2.05) is 12.1 Å². The molecule has 3 heterocycles. The minimum atomic E-state index is -0.501. The molecule has 0 saturated carbocycles. The molecule has 3 fully saturated rings. The van der Waals surface area contributed by atoms with E-state index in [9.17, 15) is 5.11 Å². The minimum absolute atomic E-state index is 0. The Hall–Kier alpha value is -0.800. The maximum absolute atomic E-state index is 10.4. The molecule has 0 bridgehead atoms. The number of aliphatic hydroxyl groups excluding tert-OH is 1. The van der Waals surface area contributed by atoms with Crippen LogP contribution in [0.3, 0.4) is 0 Å². The molecule has 0 amide bonds. The number of benzene rings is 1. The van der Waals surface area contributed by atoms with Crippen molar-refractivity contribution in [3.05, 3.63) is 23.8 Å². The summed E-state index contributed by atoms with van der Waals surface area (Å²) in [6, 6.07) is 6.04. The number of nitrogens with one attached hydrogen (secondary N) is 1. The van der Waals surface area contributed by atoms with E-state index in [1.165, 1.54) is 5.56 Å². The zero-order chi connectivity index (χ0) is 20.4. The third kappa shape index (κ3) is 6.38. The number of rotatable bonds is 9. The summed E-state index contributed by atoms with van der Waals surface area (Å²) in [5.74, 6) is 2.88. The number of halogens is 2. The molecule has 31 heavy (non-hydrogen) atoms. The average molecular weight is 478 g/mol. The predicted octanol–water partition coefficient (Wildman–Crippen LogP) is 1.65. The molecule has 1 aromatic rings. The number of hydrogen-bond donors (Lipinski definition) is 2. The monoisotopic (exact) mass is 477 g/mol. The van der Waals surface area contributed by atoms with Gasteiger partial charge in [-0.05, 0) is 49.5 Å². The summed E-state index contributed by atoms with van der Waals surface area (Å²) >= 11 is 0. The third-order valence-electron chi connectivity index (χ3n) is 6.61. The molecule has 0 radical (unpaired) electrons. The lowest BCUT2D eigenvalue weighted by atomic mass is 9.96. The quantitative estimate of drug-likeness (QED) is 0.560. The Morgan fingerprint density at radius 3 is 2.39 bits per heavy atom. The van der Waals surface area contributed by atoms with Gasteiger partial charge in [0.05, 0.1) is 12.7 Å². The van der Waals surface area contributed by atoms with Crippen LogP contribution in [-0.2, 0) is 11.3 Å². The zero-order valence-electron chi connectivity index (χ0n) is 18.7. The smallest absolute Gasteiger partial charge is 0.161 e. The average Bonchev–Trinajstić information content (AvgIpc) is 3.27. The second kappa shape index (κ2) is 11.4. The highest BCUT2D eigenvalue weighted by molar-refractivity contribution is 5.85. The lowest BCUT2D eigenvalue weighted by molar-refractivity contribution is -0.114. The maximum Gasteiger partial charge on any atom is 0.161 e. The first-order valence-corrected chi connectivity index (χ1v) is 10.7. The molecule has 0 spiro atoms. The van der Waals surface area contributed by atoms with Crippen LogP contribution in [0.4, 0.5) is 0 Å². The molecule has 178 valence electrons. The van der Waals surface area contributed by atoms with E-state index in [4.69, 9.17) is 14.2 Å². The van der Waals surface area contributed by atoms with Crippen LogP contribution in [0.2, 0.25) is 0 Å². The van der Waals surface area contributed by atoms with Crippen molar-refractivity contribution in [1.29, 1.82) is 0 Å². The van der Waals surface area contributed by atoms with Crippen LogP contribution in [0.1, 0.15) is 12.5 Å². The van der Waals surface area contributed by atoms with Crippen molar-refractivity contribution in [3.8, 4) is 11.5 Å². The van der Waals surface area contributed by atoms with Crippen molar-refractivity contribution in [2.75, 3.05) is 66.6 Å². The number of β-amino-alcohol motifs (C(OH)–C–C–N with tert-alkyl or cyclic N) is 1. The van der Waals surface area contributed by atoms with Gasteiger partial charge >= 0.3 is 0 Å². The Morgan fingerprint density at radius 2 is 1.77 bits per heavy atom. The zero-order valence-corrected chi connectivity index (χ0v) is 20.3. The molecule has 3 atom stereocenters. The Labute approximate surface area is 198 Å². The van der Waals surface area contributed by atoms with Crippen molar-refractivity contribution >= 4 is 24.8 Å². The molecule has 3 aliphatic rings. The highest BCUT2D eigenvalue weighted by atomic mass is 35.5. The topological polar surface area (TPSA) is 66.4 Å². The van der Waals surface area contributed by atoms with Crippen LogP contribution >= 0.6 is 24.8 Å². The lowest BCUT2D eigenvalue weighted by Crippen LogP contribution is -2.60. The van der Waals surface area contributed by atoms with Gasteiger partial charge in [0.2, 0.25) is 0 Å². The molecule has 9 heteroatoms. The molecule has 4 rings (SSSR count). The number of nitrogens with zero attached hydrogens (tertiary/aromatic N) is 2. The van der Waals surface area contributed by atoms with Gasteiger partial charge in [-0.15, -0.1) is 24.8 Å². The molecule has 0 aromatic heterocycles. The second-order valence-corrected chi connectivity index (χ2v) is 9.15. The van der Waals surface area contributed by atoms with Crippen LogP contribution in [0.25, 0.3) is 0 Å². The SMILES string of the molecule is COc1cc(CN2CC(C)(OC)C2)ccc1OCC(O)CN1C[C@H]2CNC[C@H]2C1.Cl.Cl. The fourth-order valence-electron chi connectivity index (χ4n) is 4.97. The summed E-state index contributed by atoms with van der Waals surface area (Å²) < 4.78 is 16.9. The number of likely N-dealkylation sites (tertiary alicyclic amines) is 2. The number of hydrogen-bond acceptors (Lipinski definition) is 7. The minimum Gasteiger partial charge on any atom is -0.493 e. The van der Waals surface area contributed by atoms with Gasteiger partial charge in [-0.3, -0.25) is 9.80 Å². The van der Waals surface area contributed by atoms with Gasteiger partial charge in [0.1, 0.15) is 12.7 Å². The molecular weight excluding hydrogens is 441 g/mol. The van der Waals surface area contributed by atoms with Crippen molar-refractivity contribution in [3.63, 3.8) is 0 Å². The van der Waals surface area contributed by atoms with Crippen molar-refractivity contribution in [2.45, 2.75) is 25.2 Å². The Bertz CT molecular complexity index is 693. The number of fused-ring (bicyclic) bond motifs is 1. The van der Waals surface area contributed by atoms with Crippen molar-refractivity contribution in [1.82, 2.24) is 15.1 Å². The molecule has 1 aromatic carbocycles. The van der Waals surface area contributed by atoms with Crippen molar-refractivity contribution in [2.24, 2.45) is 11.8 Å². The van der Waals surface area contributed by atoms with E-state index in [0.29, 0.717) is 18.0 Å². The molecule has 3 saturated heterocycles. The highest BCUT2D eigenvalue weighted by Gasteiger charge is 2.38. The lowest BCUT2D eigenvalue weighted by Gasteiger charge is -2.47. The van der Waals surface area contributed by atoms with E-state index < -0.39 is 6.10 Å². The standard InChI is InChI=1S/C22H35N3O4.2ClH/c1-22(28-3)14-25(15-22)9-16-4-5-20(21(6-16)27-2)29-13-19(26)12-24-10-17-7-23-8-18(17)11-24;;/h4-6,17-19,23,26H,7-15H2,1-3H3;2*1H/t17-,18+,19?;;. The van der Waals surface area contributed by atoms with Crippen LogP contribution in [0.5, 0.6) is 11.5 Å². The van der Waals surface area contributed by atoms with E-state index in [1.54, 1.807) is 14.2 Å². The van der Waals surface area contributed by atoms with Gasteiger partial charge < -0.3 is 24.6 Å². The Kier molecular flexibility index (Phi) is 9.70. The molecular formula is C22H37Cl2N3O4. The fraction of sp³-hybridized carbons (Fsp3) is 0.727. The summed E-state index contributed by atoms with van der Waals surface area (Å²) in [7, 11) is 3.43. The molecule has 7 nitrogen and oxygen atoms in total. The van der Waals surface area contributed by atoms with E-state index >= 15 is 0 Å². The number of ether oxygens (including phenoxy) is 3. The van der Waals surface area contributed by atoms with E-state index in [2.05, 4.69) is 28.1 Å². The van der Waals surface area contributed by atoms with Gasteiger partial charge in [-0.1, -0.05) is 6.07 Å². The van der Waals surface area contributed by atoms with Crippen LogP contribution in [0.15, 0.2) is 18.2 Å². The second-order valence-electron chi connectivity index (χ2n) is 9.15. The highest BCUT2D eigenvalue weighted by Crippen LogP contribution is 2.31. The first-order chi connectivity index (χ1) is 14.0. The first-order valence-electron chi connectivity index (χ1n) is 10.7. The van der Waals surface area contributed by atoms with Gasteiger partial charge in [-0.2, -0.15) is 0 Å².